The van der Waals surface area contributed by atoms with E-state index in [-0.39, 0.29) is 13.1 Å². The highest BCUT2D eigenvalue weighted by atomic mass is 16.4. The first-order valence-corrected chi connectivity index (χ1v) is 8.29. The van der Waals surface area contributed by atoms with E-state index in [1.165, 1.54) is 16.7 Å². The summed E-state index contributed by atoms with van der Waals surface area (Å²) in [5.41, 5.74) is 1.54. The van der Waals surface area contributed by atoms with Crippen molar-refractivity contribution in [3.63, 3.8) is 0 Å². The minimum absolute atomic E-state index is 0.0410. The zero-order chi connectivity index (χ0) is 21.4. The molecule has 0 amide bonds. The van der Waals surface area contributed by atoms with Gasteiger partial charge >= 0.3 is 23.9 Å². The van der Waals surface area contributed by atoms with Gasteiger partial charge in [-0.2, -0.15) is 0 Å². The minimum atomic E-state index is -1.19. The van der Waals surface area contributed by atoms with E-state index in [1.54, 1.807) is 19.1 Å². The Kier molecular flexibility index (Phi) is 8.48. The lowest BCUT2D eigenvalue weighted by Gasteiger charge is -2.24. The van der Waals surface area contributed by atoms with Crippen LogP contribution in [-0.4, -0.2) is 84.8 Å². The summed E-state index contributed by atoms with van der Waals surface area (Å²) in [7, 11) is 0. The van der Waals surface area contributed by atoms with Gasteiger partial charge in [-0.3, -0.25) is 34.0 Å². The van der Waals surface area contributed by atoms with Crippen molar-refractivity contribution >= 4 is 23.9 Å². The second-order valence-corrected chi connectivity index (χ2v) is 6.37. The number of aromatic nitrogens is 1. The van der Waals surface area contributed by atoms with Gasteiger partial charge in [-0.05, 0) is 31.5 Å². The highest BCUT2D eigenvalue weighted by Crippen LogP contribution is 2.12. The molecule has 4 N–H and O–H groups in total. The van der Waals surface area contributed by atoms with E-state index >= 15 is 0 Å². The number of carboxylic acids is 4. The van der Waals surface area contributed by atoms with Crippen LogP contribution in [0.3, 0.4) is 0 Å². The van der Waals surface area contributed by atoms with Crippen LogP contribution in [0.25, 0.3) is 0 Å². The fourth-order valence-electron chi connectivity index (χ4n) is 2.63. The van der Waals surface area contributed by atoms with Crippen LogP contribution >= 0.6 is 0 Å². The summed E-state index contributed by atoms with van der Waals surface area (Å²) < 4.78 is 0. The smallest absolute Gasteiger partial charge is 0.320 e. The molecule has 1 atom stereocenters. The van der Waals surface area contributed by atoms with Gasteiger partial charge < -0.3 is 20.4 Å². The minimum Gasteiger partial charge on any atom is -0.480 e. The molecule has 1 heterocycles. The quantitative estimate of drug-likeness (QED) is 0.366. The van der Waals surface area contributed by atoms with E-state index in [9.17, 15) is 19.2 Å². The summed E-state index contributed by atoms with van der Waals surface area (Å²) in [6.07, 6.45) is 0. The molecular formula is C17H23N3O8. The van der Waals surface area contributed by atoms with Crippen molar-refractivity contribution in [1.82, 2.24) is 14.8 Å². The molecule has 0 fully saturated rings. The topological polar surface area (TPSA) is 169 Å². The highest BCUT2D eigenvalue weighted by Gasteiger charge is 2.24. The first-order valence-electron chi connectivity index (χ1n) is 8.29. The molecular weight excluding hydrogens is 374 g/mol. The van der Waals surface area contributed by atoms with Gasteiger partial charge in [-0.15, -0.1) is 0 Å². The van der Waals surface area contributed by atoms with Crippen LogP contribution in [0.5, 0.6) is 0 Å². The zero-order valence-electron chi connectivity index (χ0n) is 15.5. The molecule has 0 bridgehead atoms. The first kappa shape index (κ1) is 23.0. The van der Waals surface area contributed by atoms with Gasteiger partial charge in [0.1, 0.15) is 6.04 Å². The monoisotopic (exact) mass is 397 g/mol. The average molecular weight is 397 g/mol. The summed E-state index contributed by atoms with van der Waals surface area (Å²) in [6, 6.07) is 2.26. The molecule has 0 radical (unpaired) electrons. The van der Waals surface area contributed by atoms with Crippen molar-refractivity contribution in [1.29, 1.82) is 0 Å². The van der Waals surface area contributed by atoms with Crippen molar-refractivity contribution in [3.05, 3.63) is 29.1 Å². The largest absolute Gasteiger partial charge is 0.480 e. The van der Waals surface area contributed by atoms with Gasteiger partial charge in [-0.25, -0.2) is 0 Å². The number of pyridine rings is 1. The molecule has 1 aromatic rings. The Hall–Kier alpha value is -3.05. The fraction of sp³-hybridized carbons (Fsp3) is 0.471. The second-order valence-electron chi connectivity index (χ2n) is 6.37. The Morgan fingerprint density at radius 1 is 0.893 bits per heavy atom. The lowest BCUT2D eigenvalue weighted by molar-refractivity contribution is -0.146. The molecule has 11 nitrogen and oxygen atoms in total. The van der Waals surface area contributed by atoms with Crippen LogP contribution < -0.4 is 0 Å². The summed E-state index contributed by atoms with van der Waals surface area (Å²) in [4.78, 5) is 50.9. The lowest BCUT2D eigenvalue weighted by Crippen LogP contribution is -2.41. The van der Waals surface area contributed by atoms with Gasteiger partial charge in [0.25, 0.3) is 0 Å². The predicted molar refractivity (Wildman–Crippen MR) is 94.7 cm³/mol. The van der Waals surface area contributed by atoms with E-state index in [1.807, 2.05) is 0 Å². The van der Waals surface area contributed by atoms with Crippen molar-refractivity contribution < 1.29 is 39.6 Å². The normalized spacial score (nSPS) is 12.1. The fourth-order valence-corrected chi connectivity index (χ4v) is 2.63. The van der Waals surface area contributed by atoms with E-state index in [4.69, 9.17) is 20.4 Å². The van der Waals surface area contributed by atoms with Gasteiger partial charge in [0.2, 0.25) is 0 Å². The Bertz CT molecular complexity index is 736. The number of carbonyl (C=O) groups is 4. The third-order valence-electron chi connectivity index (χ3n) is 3.79. The number of rotatable bonds is 12. The molecule has 0 aliphatic heterocycles. The van der Waals surface area contributed by atoms with Gasteiger partial charge in [0.15, 0.2) is 0 Å². The van der Waals surface area contributed by atoms with Gasteiger partial charge in [0, 0.05) is 13.1 Å². The van der Waals surface area contributed by atoms with E-state index < -0.39 is 49.6 Å². The molecule has 28 heavy (non-hydrogen) atoms. The van der Waals surface area contributed by atoms with Crippen molar-refractivity contribution in [3.8, 4) is 0 Å². The average Bonchev–Trinajstić information content (AvgIpc) is 2.50. The molecule has 0 spiro atoms. The lowest BCUT2D eigenvalue weighted by atomic mass is 10.1. The van der Waals surface area contributed by atoms with Crippen molar-refractivity contribution in [2.24, 2.45) is 0 Å². The van der Waals surface area contributed by atoms with E-state index in [0.717, 1.165) is 5.56 Å². The Labute approximate surface area is 160 Å². The number of carboxylic acid groups (broad SMARTS) is 4. The third kappa shape index (κ3) is 8.10. The summed E-state index contributed by atoms with van der Waals surface area (Å²) in [6.45, 7) is 1.55. The molecule has 0 aliphatic carbocycles. The summed E-state index contributed by atoms with van der Waals surface area (Å²) in [5.74, 6) is -4.73. The maximum atomic E-state index is 11.2. The Morgan fingerprint density at radius 3 is 1.79 bits per heavy atom. The van der Waals surface area contributed by atoms with Crippen LogP contribution in [0, 0.1) is 6.92 Å². The van der Waals surface area contributed by atoms with Crippen molar-refractivity contribution in [2.75, 3.05) is 19.6 Å². The maximum Gasteiger partial charge on any atom is 0.320 e. The second kappa shape index (κ2) is 10.3. The molecule has 1 aromatic heterocycles. The summed E-state index contributed by atoms with van der Waals surface area (Å²) in [5, 5.41) is 36.0. The van der Waals surface area contributed by atoms with Crippen LogP contribution in [-0.2, 0) is 32.3 Å². The molecule has 1 unspecified atom stereocenters. The number of hydrogen-bond donors (Lipinski definition) is 4. The molecule has 1 rings (SSSR count). The Balaban J connectivity index is 3.06. The van der Waals surface area contributed by atoms with Gasteiger partial charge in [-0.1, -0.05) is 0 Å². The SMILES string of the molecule is Cc1cc(CN(CC(=O)O)CC(=O)O)nc(CN(CC(=O)O)C(C)C(=O)O)c1. The van der Waals surface area contributed by atoms with Crippen LogP contribution in [0.4, 0.5) is 0 Å². The molecule has 0 saturated heterocycles. The van der Waals surface area contributed by atoms with Crippen LogP contribution in [0.15, 0.2) is 12.1 Å². The molecule has 154 valence electrons. The number of aliphatic carboxylic acids is 4. The molecule has 0 saturated carbocycles. The first-order chi connectivity index (χ1) is 13.0. The highest BCUT2D eigenvalue weighted by molar-refractivity contribution is 5.75. The molecule has 0 aromatic carbocycles. The maximum absolute atomic E-state index is 11.2. The number of aryl methyl sites for hydroxylation is 1. The van der Waals surface area contributed by atoms with Crippen molar-refractivity contribution in [2.45, 2.75) is 33.0 Å². The summed E-state index contributed by atoms with van der Waals surface area (Å²) >= 11 is 0. The van der Waals surface area contributed by atoms with Crippen LogP contribution in [0.1, 0.15) is 23.9 Å². The third-order valence-corrected chi connectivity index (χ3v) is 3.79. The van der Waals surface area contributed by atoms with Crippen LogP contribution in [0.2, 0.25) is 0 Å². The number of hydrogen-bond acceptors (Lipinski definition) is 7. The number of nitrogens with zero attached hydrogens (tertiary/aromatic N) is 3. The van der Waals surface area contributed by atoms with Gasteiger partial charge in [0.05, 0.1) is 31.0 Å². The zero-order valence-corrected chi connectivity index (χ0v) is 15.5. The Morgan fingerprint density at radius 2 is 1.36 bits per heavy atom. The van der Waals surface area contributed by atoms with E-state index in [0.29, 0.717) is 11.4 Å². The molecule has 11 heteroatoms. The standard InChI is InChI=1S/C17H23N3O8/c1-10-3-12(5-19(7-14(21)22)8-15(23)24)18-13(4-10)6-20(9-16(25)26)11(2)17(27)28/h3-4,11H,5-9H2,1-2H3,(H,21,22)(H,23,24)(H,25,26)(H,27,28). The predicted octanol–water partition coefficient (Wildman–Crippen LogP) is -0.279. The molecule has 0 aliphatic rings. The van der Waals surface area contributed by atoms with E-state index in [2.05, 4.69) is 4.98 Å².